The first-order valence-electron chi connectivity index (χ1n) is 5.70. The van der Waals surface area contributed by atoms with Crippen molar-refractivity contribution >= 4 is 28.9 Å². The second-order valence-corrected chi connectivity index (χ2v) is 4.56. The lowest BCUT2D eigenvalue weighted by Crippen LogP contribution is -2.18. The van der Waals surface area contributed by atoms with E-state index in [2.05, 4.69) is 15.7 Å². The maximum Gasteiger partial charge on any atom is 0.259 e. The Morgan fingerprint density at radius 2 is 2.10 bits per heavy atom. The summed E-state index contributed by atoms with van der Waals surface area (Å²) in [6.45, 7) is 1.77. The van der Waals surface area contributed by atoms with Gasteiger partial charge in [0.05, 0.1) is 11.3 Å². The highest BCUT2D eigenvalue weighted by molar-refractivity contribution is 6.31. The molecule has 0 atom stereocenters. The van der Waals surface area contributed by atoms with Gasteiger partial charge in [0.1, 0.15) is 5.82 Å². The van der Waals surface area contributed by atoms with Crippen LogP contribution in [0.2, 0.25) is 5.02 Å². The molecule has 0 saturated heterocycles. The summed E-state index contributed by atoms with van der Waals surface area (Å²) in [5, 5.41) is 2.73. The van der Waals surface area contributed by atoms with Gasteiger partial charge in [-0.15, -0.1) is 0 Å². The van der Waals surface area contributed by atoms with Crippen LogP contribution in [0.5, 0.6) is 0 Å². The number of nitrogens with two attached hydrogens (primary N) is 1. The molecule has 1 heterocycles. The molecule has 20 heavy (non-hydrogen) atoms. The summed E-state index contributed by atoms with van der Waals surface area (Å²) < 4.78 is 13.2. The second-order valence-electron chi connectivity index (χ2n) is 4.13. The van der Waals surface area contributed by atoms with Crippen LogP contribution in [0.3, 0.4) is 0 Å². The van der Waals surface area contributed by atoms with E-state index < -0.39 is 11.7 Å². The quantitative estimate of drug-likeness (QED) is 0.600. The number of nitrogen functional groups attached to an aromatic ring is 1. The van der Waals surface area contributed by atoms with Crippen LogP contribution in [0, 0.1) is 12.7 Å². The van der Waals surface area contributed by atoms with Gasteiger partial charge in [0.2, 0.25) is 0 Å². The summed E-state index contributed by atoms with van der Waals surface area (Å²) >= 11 is 5.72. The van der Waals surface area contributed by atoms with Crippen LogP contribution in [0.1, 0.15) is 16.1 Å². The van der Waals surface area contributed by atoms with Crippen molar-refractivity contribution < 1.29 is 9.18 Å². The fourth-order valence-electron chi connectivity index (χ4n) is 1.68. The maximum absolute atomic E-state index is 13.2. The number of nitrogens with zero attached hydrogens (tertiary/aromatic N) is 1. The van der Waals surface area contributed by atoms with Crippen LogP contribution in [0.25, 0.3) is 0 Å². The number of halogens is 2. The van der Waals surface area contributed by atoms with Crippen molar-refractivity contribution in [2.75, 3.05) is 10.7 Å². The third kappa shape index (κ3) is 3.23. The lowest BCUT2D eigenvalue weighted by Gasteiger charge is -2.10. The molecule has 0 aliphatic heterocycles. The average molecular weight is 295 g/mol. The Morgan fingerprint density at radius 1 is 1.35 bits per heavy atom. The number of carbonyl (C=O) groups excluding carboxylic acids is 1. The fourth-order valence-corrected chi connectivity index (χ4v) is 1.91. The van der Waals surface area contributed by atoms with Crippen molar-refractivity contribution in [3.63, 3.8) is 0 Å². The Labute approximate surface area is 119 Å². The minimum atomic E-state index is -0.535. The predicted molar refractivity (Wildman–Crippen MR) is 76.1 cm³/mol. The summed E-state index contributed by atoms with van der Waals surface area (Å²) in [7, 11) is 0. The molecule has 0 saturated carbocycles. The van der Waals surface area contributed by atoms with Crippen molar-refractivity contribution in [3.05, 3.63) is 52.6 Å². The van der Waals surface area contributed by atoms with Crippen molar-refractivity contribution in [3.8, 4) is 0 Å². The summed E-state index contributed by atoms with van der Waals surface area (Å²) in [6, 6.07) is 5.39. The molecule has 0 bridgehead atoms. The molecule has 2 rings (SSSR count). The first-order valence-corrected chi connectivity index (χ1v) is 6.08. The van der Waals surface area contributed by atoms with E-state index in [-0.39, 0.29) is 16.3 Å². The molecule has 0 spiro atoms. The molecule has 0 aliphatic carbocycles. The van der Waals surface area contributed by atoms with Gasteiger partial charge >= 0.3 is 0 Å². The minimum Gasteiger partial charge on any atom is -0.323 e. The van der Waals surface area contributed by atoms with Gasteiger partial charge in [-0.05, 0) is 31.2 Å². The molecule has 0 radical (unpaired) electrons. The Morgan fingerprint density at radius 3 is 2.75 bits per heavy atom. The topological polar surface area (TPSA) is 80.0 Å². The number of anilines is 2. The maximum atomic E-state index is 13.2. The third-order valence-electron chi connectivity index (χ3n) is 2.56. The lowest BCUT2D eigenvalue weighted by atomic mass is 10.2. The van der Waals surface area contributed by atoms with Crippen LogP contribution < -0.4 is 16.6 Å². The van der Waals surface area contributed by atoms with Crippen LogP contribution in [-0.2, 0) is 0 Å². The van der Waals surface area contributed by atoms with E-state index in [1.807, 2.05) is 0 Å². The minimum absolute atomic E-state index is 0.194. The van der Waals surface area contributed by atoms with Gasteiger partial charge < -0.3 is 10.7 Å². The van der Waals surface area contributed by atoms with Gasteiger partial charge in [-0.2, -0.15) is 0 Å². The zero-order valence-electron chi connectivity index (χ0n) is 10.6. The molecule has 1 amide bonds. The van der Waals surface area contributed by atoms with Gasteiger partial charge in [0, 0.05) is 22.6 Å². The van der Waals surface area contributed by atoms with Crippen molar-refractivity contribution in [1.29, 1.82) is 0 Å². The van der Waals surface area contributed by atoms with Gasteiger partial charge in [-0.1, -0.05) is 11.6 Å². The van der Waals surface area contributed by atoms with Gasteiger partial charge in [0.25, 0.3) is 5.91 Å². The van der Waals surface area contributed by atoms with Crippen molar-refractivity contribution in [2.45, 2.75) is 6.92 Å². The molecule has 5 nitrogen and oxygen atoms in total. The smallest absolute Gasteiger partial charge is 0.259 e. The van der Waals surface area contributed by atoms with Gasteiger partial charge in [-0.25, -0.2) is 4.39 Å². The zero-order valence-corrected chi connectivity index (χ0v) is 11.3. The Hall–Kier alpha value is -2.18. The SMILES string of the molecule is Cc1cc(NN)c(C(=O)Nc2cc(F)cc(Cl)c2)cn1. The molecule has 4 N–H and O–H groups in total. The van der Waals surface area contributed by atoms with Crippen molar-refractivity contribution in [1.82, 2.24) is 4.98 Å². The summed E-state index contributed by atoms with van der Waals surface area (Å²) in [5.41, 5.74) is 4.07. The highest BCUT2D eigenvalue weighted by Crippen LogP contribution is 2.20. The largest absolute Gasteiger partial charge is 0.323 e. The Balaban J connectivity index is 2.28. The number of pyridine rings is 1. The number of nitrogens with one attached hydrogen (secondary N) is 2. The second kappa shape index (κ2) is 5.85. The molecule has 0 fully saturated rings. The van der Waals surface area contributed by atoms with Crippen LogP contribution >= 0.6 is 11.6 Å². The number of aromatic nitrogens is 1. The molecule has 0 unspecified atom stereocenters. The van der Waals surface area contributed by atoms with E-state index in [1.54, 1.807) is 13.0 Å². The molecular formula is C13H12ClFN4O. The average Bonchev–Trinajstić information content (AvgIpc) is 2.37. The third-order valence-corrected chi connectivity index (χ3v) is 2.78. The Kier molecular flexibility index (Phi) is 4.16. The highest BCUT2D eigenvalue weighted by Gasteiger charge is 2.13. The summed E-state index contributed by atoms with van der Waals surface area (Å²) in [6.07, 6.45) is 1.39. The number of rotatable bonds is 3. The van der Waals surface area contributed by atoms with E-state index in [1.165, 1.54) is 18.3 Å². The van der Waals surface area contributed by atoms with E-state index in [0.29, 0.717) is 11.4 Å². The molecule has 7 heteroatoms. The van der Waals surface area contributed by atoms with Crippen molar-refractivity contribution in [2.24, 2.45) is 5.84 Å². The molecule has 1 aromatic carbocycles. The number of hydrazine groups is 1. The first kappa shape index (κ1) is 14.2. The van der Waals surface area contributed by atoms with Crippen LogP contribution in [0.15, 0.2) is 30.5 Å². The van der Waals surface area contributed by atoms with E-state index in [0.717, 1.165) is 6.07 Å². The number of carbonyl (C=O) groups is 1. The first-order chi connectivity index (χ1) is 9.49. The molecule has 104 valence electrons. The number of amides is 1. The normalized spacial score (nSPS) is 10.2. The van der Waals surface area contributed by atoms with Crippen LogP contribution in [0.4, 0.5) is 15.8 Å². The number of hydrogen-bond acceptors (Lipinski definition) is 4. The number of hydrogen-bond donors (Lipinski definition) is 3. The van der Waals surface area contributed by atoms with E-state index >= 15 is 0 Å². The van der Waals surface area contributed by atoms with E-state index in [9.17, 15) is 9.18 Å². The monoisotopic (exact) mass is 294 g/mol. The number of benzene rings is 1. The Bertz CT molecular complexity index is 643. The predicted octanol–water partition coefficient (Wildman–Crippen LogP) is 2.72. The van der Waals surface area contributed by atoms with E-state index in [4.69, 9.17) is 17.4 Å². The van der Waals surface area contributed by atoms with Crippen LogP contribution in [-0.4, -0.2) is 10.9 Å². The molecule has 0 aliphatic rings. The van der Waals surface area contributed by atoms with Gasteiger partial charge in [-0.3, -0.25) is 15.6 Å². The number of aryl methyl sites for hydroxylation is 1. The summed E-state index contributed by atoms with van der Waals surface area (Å²) in [5.74, 6) is 4.36. The van der Waals surface area contributed by atoms with Gasteiger partial charge in [0.15, 0.2) is 0 Å². The fraction of sp³-hybridized carbons (Fsp3) is 0.0769. The molecule has 2 aromatic rings. The highest BCUT2D eigenvalue weighted by atomic mass is 35.5. The zero-order chi connectivity index (χ0) is 14.7. The molecule has 1 aromatic heterocycles. The summed E-state index contributed by atoms with van der Waals surface area (Å²) in [4.78, 5) is 16.1. The molecular weight excluding hydrogens is 283 g/mol. The lowest BCUT2D eigenvalue weighted by molar-refractivity contribution is 0.102. The standard InChI is InChI=1S/C13H12ClFN4O/c1-7-2-12(19-16)11(6-17-7)13(20)18-10-4-8(14)3-9(15)5-10/h2-6H,16H2,1H3,(H,17,19)(H,18,20).